The molecule has 1 atom stereocenters. The Morgan fingerprint density at radius 3 is 2.96 bits per heavy atom. The van der Waals surface area contributed by atoms with Crippen LogP contribution in [0.25, 0.3) is 0 Å². The molecule has 1 unspecified atom stereocenters. The van der Waals surface area contributed by atoms with Crippen LogP contribution < -0.4 is 10.2 Å². The summed E-state index contributed by atoms with van der Waals surface area (Å²) < 4.78 is 5.40. The molecule has 0 aromatic carbocycles. The molecular formula is C17H24N6OS. The average Bonchev–Trinajstić information content (AvgIpc) is 3.26. The van der Waals surface area contributed by atoms with Crippen LogP contribution in [0.15, 0.2) is 17.8 Å². The molecule has 0 radical (unpaired) electrons. The van der Waals surface area contributed by atoms with Crippen molar-refractivity contribution in [1.29, 1.82) is 0 Å². The molecule has 0 amide bonds. The first-order valence-electron chi connectivity index (χ1n) is 8.81. The maximum absolute atomic E-state index is 5.40. The largest absolute Gasteiger partial charge is 0.378 e. The van der Waals surface area contributed by atoms with Crippen LogP contribution in [0.4, 0.5) is 11.8 Å². The van der Waals surface area contributed by atoms with Gasteiger partial charge in [-0.05, 0) is 19.4 Å². The minimum Gasteiger partial charge on any atom is -0.378 e. The van der Waals surface area contributed by atoms with Crippen molar-refractivity contribution in [1.82, 2.24) is 19.9 Å². The first-order chi connectivity index (χ1) is 12.3. The number of nitrogens with zero attached hydrogens (tertiary/aromatic N) is 5. The van der Waals surface area contributed by atoms with E-state index in [-0.39, 0.29) is 0 Å². The van der Waals surface area contributed by atoms with Gasteiger partial charge in [0.05, 0.1) is 24.4 Å². The third-order valence-electron chi connectivity index (χ3n) is 4.77. The Bertz CT molecular complexity index is 702. The summed E-state index contributed by atoms with van der Waals surface area (Å²) in [6, 6.07) is 2.39. The van der Waals surface area contributed by atoms with E-state index in [4.69, 9.17) is 9.72 Å². The van der Waals surface area contributed by atoms with Crippen molar-refractivity contribution < 1.29 is 4.74 Å². The van der Waals surface area contributed by atoms with Crippen molar-refractivity contribution in [3.05, 3.63) is 28.3 Å². The van der Waals surface area contributed by atoms with Crippen LogP contribution in [-0.2, 0) is 11.3 Å². The molecule has 2 saturated heterocycles. The SMILES string of the molecule is Cc1ncsc1CN1CCC(Nc2ccnc(N3CCOCC3)n2)C1. The maximum atomic E-state index is 5.40. The molecule has 25 heavy (non-hydrogen) atoms. The van der Waals surface area contributed by atoms with Crippen molar-refractivity contribution in [2.75, 3.05) is 49.6 Å². The summed E-state index contributed by atoms with van der Waals surface area (Å²) in [5, 5.41) is 3.58. The van der Waals surface area contributed by atoms with Crippen molar-refractivity contribution in [3.63, 3.8) is 0 Å². The molecule has 0 spiro atoms. The van der Waals surface area contributed by atoms with Gasteiger partial charge in [0, 0.05) is 49.8 Å². The zero-order valence-corrected chi connectivity index (χ0v) is 15.3. The Hall–Kier alpha value is -1.77. The molecule has 2 aromatic rings. The molecular weight excluding hydrogens is 336 g/mol. The molecule has 4 rings (SSSR count). The van der Waals surface area contributed by atoms with E-state index in [0.29, 0.717) is 6.04 Å². The Morgan fingerprint density at radius 2 is 2.16 bits per heavy atom. The number of nitrogens with one attached hydrogen (secondary N) is 1. The number of rotatable bonds is 5. The molecule has 0 bridgehead atoms. The molecule has 0 aliphatic carbocycles. The summed E-state index contributed by atoms with van der Waals surface area (Å²) in [4.78, 5) is 19.5. The van der Waals surface area contributed by atoms with E-state index in [0.717, 1.165) is 69.8 Å². The van der Waals surface area contributed by atoms with Gasteiger partial charge in [-0.3, -0.25) is 4.90 Å². The highest BCUT2D eigenvalue weighted by Gasteiger charge is 2.24. The predicted octanol–water partition coefficient (Wildman–Crippen LogP) is 1.76. The topological polar surface area (TPSA) is 66.4 Å². The molecule has 2 aliphatic heterocycles. The van der Waals surface area contributed by atoms with Crippen molar-refractivity contribution in [2.24, 2.45) is 0 Å². The smallest absolute Gasteiger partial charge is 0.227 e. The van der Waals surface area contributed by atoms with Crippen LogP contribution in [0.3, 0.4) is 0 Å². The van der Waals surface area contributed by atoms with Gasteiger partial charge >= 0.3 is 0 Å². The third-order valence-corrected chi connectivity index (χ3v) is 5.69. The first-order valence-corrected chi connectivity index (χ1v) is 9.69. The summed E-state index contributed by atoms with van der Waals surface area (Å²) in [6.07, 6.45) is 2.97. The fraction of sp³-hybridized carbons (Fsp3) is 0.588. The zero-order valence-electron chi connectivity index (χ0n) is 14.5. The summed E-state index contributed by atoms with van der Waals surface area (Å²) in [7, 11) is 0. The fourth-order valence-electron chi connectivity index (χ4n) is 3.33. The molecule has 134 valence electrons. The van der Waals surface area contributed by atoms with Crippen molar-refractivity contribution in [3.8, 4) is 0 Å². The number of aryl methyl sites for hydroxylation is 1. The predicted molar refractivity (Wildman–Crippen MR) is 99.2 cm³/mol. The highest BCUT2D eigenvalue weighted by Crippen LogP contribution is 2.21. The Labute approximate surface area is 152 Å². The second-order valence-corrected chi connectivity index (χ2v) is 7.51. The number of anilines is 2. The molecule has 1 N–H and O–H groups in total. The molecule has 7 nitrogen and oxygen atoms in total. The number of morpholine rings is 1. The Balaban J connectivity index is 1.34. The van der Waals surface area contributed by atoms with Crippen molar-refractivity contribution >= 4 is 23.1 Å². The fourth-order valence-corrected chi connectivity index (χ4v) is 4.15. The van der Waals surface area contributed by atoms with E-state index in [1.807, 2.05) is 17.8 Å². The lowest BCUT2D eigenvalue weighted by Gasteiger charge is -2.27. The second kappa shape index (κ2) is 7.63. The maximum Gasteiger partial charge on any atom is 0.227 e. The molecule has 8 heteroatoms. The van der Waals surface area contributed by atoms with Gasteiger partial charge in [-0.15, -0.1) is 11.3 Å². The zero-order chi connectivity index (χ0) is 17.1. The molecule has 4 heterocycles. The van der Waals surface area contributed by atoms with Crippen LogP contribution in [0.5, 0.6) is 0 Å². The standard InChI is InChI=1S/C17H24N6OS/c1-13-15(25-12-19-13)11-22-5-3-14(10-22)20-16-2-4-18-17(21-16)23-6-8-24-9-7-23/h2,4,12,14H,3,5-11H2,1H3,(H,18,20,21). The van der Waals surface area contributed by atoms with E-state index in [1.165, 1.54) is 4.88 Å². The van der Waals surface area contributed by atoms with Crippen molar-refractivity contribution in [2.45, 2.75) is 25.9 Å². The number of hydrogen-bond donors (Lipinski definition) is 1. The number of hydrogen-bond acceptors (Lipinski definition) is 8. The van der Waals surface area contributed by atoms with Crippen LogP contribution in [0, 0.1) is 6.92 Å². The molecule has 2 aliphatic rings. The normalized spacial score (nSPS) is 21.6. The second-order valence-electron chi connectivity index (χ2n) is 6.57. The van der Waals surface area contributed by atoms with E-state index in [9.17, 15) is 0 Å². The monoisotopic (exact) mass is 360 g/mol. The lowest BCUT2D eigenvalue weighted by Crippen LogP contribution is -2.37. The molecule has 0 saturated carbocycles. The van der Waals surface area contributed by atoms with Gasteiger partial charge in [-0.2, -0.15) is 4.98 Å². The van der Waals surface area contributed by atoms with Gasteiger partial charge in [0.25, 0.3) is 0 Å². The molecule has 2 aromatic heterocycles. The number of likely N-dealkylation sites (tertiary alicyclic amines) is 1. The van der Waals surface area contributed by atoms with Crippen LogP contribution in [0.2, 0.25) is 0 Å². The summed E-state index contributed by atoms with van der Waals surface area (Å²) >= 11 is 1.75. The quantitative estimate of drug-likeness (QED) is 0.871. The Kier molecular flexibility index (Phi) is 5.09. The van der Waals surface area contributed by atoms with Gasteiger partial charge in [0.2, 0.25) is 5.95 Å². The lowest BCUT2D eigenvalue weighted by molar-refractivity contribution is 0.122. The average molecular weight is 360 g/mol. The van der Waals surface area contributed by atoms with E-state index in [2.05, 4.69) is 32.0 Å². The van der Waals surface area contributed by atoms with Gasteiger partial charge in [-0.1, -0.05) is 0 Å². The van der Waals surface area contributed by atoms with Gasteiger partial charge in [0.1, 0.15) is 5.82 Å². The number of thiazole rings is 1. The highest BCUT2D eigenvalue weighted by molar-refractivity contribution is 7.09. The van der Waals surface area contributed by atoms with E-state index < -0.39 is 0 Å². The van der Waals surface area contributed by atoms with Gasteiger partial charge in [0.15, 0.2) is 0 Å². The minimum absolute atomic E-state index is 0.431. The van der Waals surface area contributed by atoms with Crippen LogP contribution in [-0.4, -0.2) is 65.3 Å². The lowest BCUT2D eigenvalue weighted by atomic mass is 10.2. The van der Waals surface area contributed by atoms with Gasteiger partial charge in [-0.25, -0.2) is 9.97 Å². The third kappa shape index (κ3) is 4.08. The first kappa shape index (κ1) is 16.7. The summed E-state index contributed by atoms with van der Waals surface area (Å²) in [6.45, 7) is 8.43. The van der Waals surface area contributed by atoms with Gasteiger partial charge < -0.3 is 15.0 Å². The molecule has 2 fully saturated rings. The summed E-state index contributed by atoms with van der Waals surface area (Å²) in [5.41, 5.74) is 3.09. The van der Waals surface area contributed by atoms with E-state index >= 15 is 0 Å². The van der Waals surface area contributed by atoms with E-state index in [1.54, 1.807) is 11.3 Å². The Morgan fingerprint density at radius 1 is 1.28 bits per heavy atom. The van der Waals surface area contributed by atoms with Crippen LogP contribution >= 0.6 is 11.3 Å². The number of ether oxygens (including phenoxy) is 1. The minimum atomic E-state index is 0.431. The summed E-state index contributed by atoms with van der Waals surface area (Å²) in [5.74, 6) is 1.71. The number of aromatic nitrogens is 3. The van der Waals surface area contributed by atoms with Crippen LogP contribution in [0.1, 0.15) is 17.0 Å². The highest BCUT2D eigenvalue weighted by atomic mass is 32.1.